The van der Waals surface area contributed by atoms with Crippen LogP contribution in [0.25, 0.3) is 10.9 Å². The van der Waals surface area contributed by atoms with Gasteiger partial charge in [0.2, 0.25) is 10.0 Å². The van der Waals surface area contributed by atoms with E-state index in [1.807, 2.05) is 37.4 Å². The molecule has 0 atom stereocenters. The third-order valence-electron chi connectivity index (χ3n) is 3.04. The summed E-state index contributed by atoms with van der Waals surface area (Å²) in [7, 11) is -1.43. The number of hydrogen-bond acceptors (Lipinski definition) is 4. The van der Waals surface area contributed by atoms with Gasteiger partial charge in [0.15, 0.2) is 0 Å². The third-order valence-corrected chi connectivity index (χ3v) is 4.45. The van der Waals surface area contributed by atoms with Gasteiger partial charge >= 0.3 is 0 Å². The van der Waals surface area contributed by atoms with Gasteiger partial charge in [0, 0.05) is 18.1 Å². The number of fused-ring (bicyclic) bond motifs is 1. The molecule has 0 radical (unpaired) electrons. The Bertz CT molecular complexity index is 666. The van der Waals surface area contributed by atoms with Gasteiger partial charge < -0.3 is 5.32 Å². The predicted molar refractivity (Wildman–Crippen MR) is 80.9 cm³/mol. The van der Waals surface area contributed by atoms with E-state index in [-0.39, 0.29) is 12.3 Å². The van der Waals surface area contributed by atoms with E-state index in [2.05, 4.69) is 15.0 Å². The first-order valence-electron chi connectivity index (χ1n) is 6.57. The summed E-state index contributed by atoms with van der Waals surface area (Å²) in [5.74, 6) is 0.131. The number of benzene rings is 1. The van der Waals surface area contributed by atoms with Crippen LogP contribution in [-0.4, -0.2) is 32.7 Å². The fraction of sp³-hybridized carbons (Fsp3) is 0.357. The summed E-state index contributed by atoms with van der Waals surface area (Å²) >= 11 is 0. The molecule has 2 rings (SSSR count). The summed E-state index contributed by atoms with van der Waals surface area (Å²) < 4.78 is 26.3. The van der Waals surface area contributed by atoms with E-state index in [0.717, 1.165) is 16.5 Å². The molecule has 5 nitrogen and oxygen atoms in total. The van der Waals surface area contributed by atoms with Crippen LogP contribution in [0.15, 0.2) is 36.5 Å². The van der Waals surface area contributed by atoms with E-state index in [4.69, 9.17) is 0 Å². The van der Waals surface area contributed by atoms with Gasteiger partial charge in [0.05, 0.1) is 11.3 Å². The Labute approximate surface area is 119 Å². The summed E-state index contributed by atoms with van der Waals surface area (Å²) in [4.78, 5) is 4.31. The van der Waals surface area contributed by atoms with Crippen molar-refractivity contribution >= 4 is 20.9 Å². The third kappa shape index (κ3) is 4.00. The summed E-state index contributed by atoms with van der Waals surface area (Å²) in [6, 6.07) is 9.61. The predicted octanol–water partition coefficient (Wildman–Crippen LogP) is 1.26. The van der Waals surface area contributed by atoms with Gasteiger partial charge in [-0.1, -0.05) is 24.3 Å². The van der Waals surface area contributed by atoms with Gasteiger partial charge in [-0.3, -0.25) is 4.98 Å². The number of sulfonamides is 1. The Morgan fingerprint density at radius 2 is 2.00 bits per heavy atom. The lowest BCUT2D eigenvalue weighted by molar-refractivity contribution is 0.577. The van der Waals surface area contributed by atoms with Crippen LogP contribution in [-0.2, 0) is 16.6 Å². The summed E-state index contributed by atoms with van der Waals surface area (Å²) in [5, 5.41) is 3.95. The van der Waals surface area contributed by atoms with Crippen molar-refractivity contribution in [2.75, 3.05) is 19.3 Å². The van der Waals surface area contributed by atoms with Crippen molar-refractivity contribution < 1.29 is 8.42 Å². The molecule has 2 N–H and O–H groups in total. The molecule has 6 heteroatoms. The molecule has 20 heavy (non-hydrogen) atoms. The zero-order chi connectivity index (χ0) is 14.4. The Kier molecular flexibility index (Phi) is 5.05. The minimum absolute atomic E-state index is 0.131. The molecule has 0 aliphatic carbocycles. The molecule has 0 saturated carbocycles. The Morgan fingerprint density at radius 3 is 2.80 bits per heavy atom. The molecule has 0 aliphatic heterocycles. The second-order valence-corrected chi connectivity index (χ2v) is 6.52. The quantitative estimate of drug-likeness (QED) is 0.754. The molecular formula is C14H19N3O2S. The van der Waals surface area contributed by atoms with Crippen LogP contribution in [0, 0.1) is 0 Å². The Balaban J connectivity index is 2.06. The van der Waals surface area contributed by atoms with Crippen molar-refractivity contribution in [3.05, 3.63) is 42.1 Å². The average molecular weight is 293 g/mol. The van der Waals surface area contributed by atoms with Crippen molar-refractivity contribution in [2.45, 2.75) is 13.0 Å². The number of para-hydroxylation sites is 1. The Morgan fingerprint density at radius 1 is 1.20 bits per heavy atom. The van der Waals surface area contributed by atoms with Crippen LogP contribution >= 0.6 is 0 Å². The number of nitrogens with one attached hydrogen (secondary N) is 2. The number of rotatable bonds is 7. The lowest BCUT2D eigenvalue weighted by atomic mass is 10.1. The van der Waals surface area contributed by atoms with Crippen LogP contribution in [0.3, 0.4) is 0 Å². The van der Waals surface area contributed by atoms with Crippen LogP contribution in [0.5, 0.6) is 0 Å². The monoisotopic (exact) mass is 293 g/mol. The number of nitrogens with zero attached hydrogens (tertiary/aromatic N) is 1. The lowest BCUT2D eigenvalue weighted by Crippen LogP contribution is -2.27. The number of hydrogen-bond donors (Lipinski definition) is 2. The second-order valence-electron chi connectivity index (χ2n) is 4.59. The SMILES string of the molecule is CNCCCS(=O)(=O)NCc1cccc2cccnc12. The van der Waals surface area contributed by atoms with Gasteiger partial charge in [0.25, 0.3) is 0 Å². The average Bonchev–Trinajstić information content (AvgIpc) is 2.45. The minimum atomic E-state index is -3.24. The van der Waals surface area contributed by atoms with Gasteiger partial charge in [-0.25, -0.2) is 13.1 Å². The van der Waals surface area contributed by atoms with Crippen LogP contribution < -0.4 is 10.0 Å². The molecule has 0 spiro atoms. The maximum absolute atomic E-state index is 11.9. The maximum Gasteiger partial charge on any atom is 0.211 e. The highest BCUT2D eigenvalue weighted by molar-refractivity contribution is 7.89. The first-order valence-corrected chi connectivity index (χ1v) is 8.22. The highest BCUT2D eigenvalue weighted by Gasteiger charge is 2.10. The molecule has 0 unspecified atom stereocenters. The molecular weight excluding hydrogens is 274 g/mol. The topological polar surface area (TPSA) is 71.1 Å². The van der Waals surface area contributed by atoms with E-state index >= 15 is 0 Å². The first kappa shape index (κ1) is 14.9. The van der Waals surface area contributed by atoms with Gasteiger partial charge in [-0.05, 0) is 31.6 Å². The fourth-order valence-corrected chi connectivity index (χ4v) is 3.05. The number of aromatic nitrogens is 1. The molecule has 1 aromatic carbocycles. The maximum atomic E-state index is 11.9. The summed E-state index contributed by atoms with van der Waals surface area (Å²) in [6.07, 6.45) is 2.31. The molecule has 1 heterocycles. The molecule has 0 aliphatic rings. The molecule has 108 valence electrons. The van der Waals surface area contributed by atoms with Gasteiger partial charge in [-0.15, -0.1) is 0 Å². The molecule has 1 aromatic heterocycles. The smallest absolute Gasteiger partial charge is 0.211 e. The first-order chi connectivity index (χ1) is 9.62. The van der Waals surface area contributed by atoms with Gasteiger partial charge in [-0.2, -0.15) is 0 Å². The van der Waals surface area contributed by atoms with Crippen LogP contribution in [0.2, 0.25) is 0 Å². The van der Waals surface area contributed by atoms with Crippen molar-refractivity contribution in [2.24, 2.45) is 0 Å². The van der Waals surface area contributed by atoms with Crippen LogP contribution in [0.1, 0.15) is 12.0 Å². The summed E-state index contributed by atoms with van der Waals surface area (Å²) in [6.45, 7) is 0.965. The second kappa shape index (κ2) is 6.78. The standard InChI is InChI=1S/C14H19N3O2S/c1-15-8-4-10-20(18,19)17-11-13-6-2-5-12-7-3-9-16-14(12)13/h2-3,5-7,9,15,17H,4,8,10-11H2,1H3. The Hall–Kier alpha value is -1.50. The fourth-order valence-electron chi connectivity index (χ4n) is 2.01. The zero-order valence-corrected chi connectivity index (χ0v) is 12.3. The largest absolute Gasteiger partial charge is 0.320 e. The van der Waals surface area contributed by atoms with E-state index in [9.17, 15) is 8.42 Å². The van der Waals surface area contributed by atoms with Crippen molar-refractivity contribution in [1.82, 2.24) is 15.0 Å². The lowest BCUT2D eigenvalue weighted by Gasteiger charge is -2.08. The van der Waals surface area contributed by atoms with Crippen molar-refractivity contribution in [1.29, 1.82) is 0 Å². The van der Waals surface area contributed by atoms with E-state index in [1.165, 1.54) is 0 Å². The number of pyridine rings is 1. The minimum Gasteiger partial charge on any atom is -0.320 e. The molecule has 0 fully saturated rings. The molecule has 0 bridgehead atoms. The highest BCUT2D eigenvalue weighted by Crippen LogP contribution is 2.15. The zero-order valence-electron chi connectivity index (χ0n) is 11.5. The van der Waals surface area contributed by atoms with E-state index in [0.29, 0.717) is 13.0 Å². The van der Waals surface area contributed by atoms with E-state index < -0.39 is 10.0 Å². The van der Waals surface area contributed by atoms with Gasteiger partial charge in [0.1, 0.15) is 0 Å². The normalized spacial score (nSPS) is 11.8. The van der Waals surface area contributed by atoms with Crippen LogP contribution in [0.4, 0.5) is 0 Å². The molecule has 0 saturated heterocycles. The molecule has 0 amide bonds. The van der Waals surface area contributed by atoms with Crippen molar-refractivity contribution in [3.8, 4) is 0 Å². The molecule has 2 aromatic rings. The van der Waals surface area contributed by atoms with Crippen molar-refractivity contribution in [3.63, 3.8) is 0 Å². The highest BCUT2D eigenvalue weighted by atomic mass is 32.2. The summed E-state index contributed by atoms with van der Waals surface area (Å²) in [5.41, 5.74) is 1.73. The van der Waals surface area contributed by atoms with E-state index in [1.54, 1.807) is 6.20 Å².